The van der Waals surface area contributed by atoms with Gasteiger partial charge in [0.05, 0.1) is 12.1 Å². The lowest BCUT2D eigenvalue weighted by atomic mass is 10.0. The van der Waals surface area contributed by atoms with Crippen LogP contribution in [0.1, 0.15) is 54.9 Å². The third kappa shape index (κ3) is 5.37. The Hall–Kier alpha value is -1.30. The van der Waals surface area contributed by atoms with Crippen LogP contribution in [0.5, 0.6) is 0 Å². The van der Waals surface area contributed by atoms with Crippen molar-refractivity contribution in [2.45, 2.75) is 78.6 Å². The molecule has 1 aliphatic rings. The van der Waals surface area contributed by atoms with Gasteiger partial charge < -0.3 is 20.3 Å². The van der Waals surface area contributed by atoms with Crippen molar-refractivity contribution in [2.24, 2.45) is 11.7 Å². The van der Waals surface area contributed by atoms with E-state index in [1.165, 1.54) is 0 Å². The quantitative estimate of drug-likeness (QED) is 0.859. The van der Waals surface area contributed by atoms with Crippen molar-refractivity contribution >= 4 is 12.0 Å². The molecule has 23 heavy (non-hydrogen) atoms. The van der Waals surface area contributed by atoms with Gasteiger partial charge in [-0.1, -0.05) is 13.8 Å². The zero-order chi connectivity index (χ0) is 17.9. The van der Waals surface area contributed by atoms with Crippen LogP contribution in [0.4, 0.5) is 4.79 Å². The molecule has 0 aromatic rings. The second kappa shape index (κ2) is 7.51. The molecule has 0 spiro atoms. The maximum atomic E-state index is 12.5. The normalized spacial score (nSPS) is 20.1. The smallest absolute Gasteiger partial charge is 0.410 e. The van der Waals surface area contributed by atoms with Gasteiger partial charge in [-0.3, -0.25) is 4.79 Å². The highest BCUT2D eigenvalue weighted by molar-refractivity contribution is 5.82. The number of carbonyl (C=O) groups is 2. The summed E-state index contributed by atoms with van der Waals surface area (Å²) in [6, 6.07) is -0.486. The molecule has 1 saturated heterocycles. The number of nitrogens with two attached hydrogens (primary N) is 1. The molecule has 134 valence electrons. The van der Waals surface area contributed by atoms with Crippen LogP contribution >= 0.6 is 0 Å². The molecule has 0 unspecified atom stereocenters. The minimum Gasteiger partial charge on any atom is -0.444 e. The number of ether oxygens (including phenoxy) is 1. The van der Waals surface area contributed by atoms with Gasteiger partial charge in [0, 0.05) is 19.1 Å². The standard InChI is InChI=1S/C17H33N3O3/c1-11(2)14(18)15(21)19-9-8-13(10-19)20(12(3)4)16(22)23-17(5,6)7/h11-14H,8-10,18H2,1-7H3/t13-,14+/m1/s1. The molecular weight excluding hydrogens is 294 g/mol. The van der Waals surface area contributed by atoms with E-state index in [0.717, 1.165) is 6.42 Å². The average Bonchev–Trinajstić information content (AvgIpc) is 2.83. The predicted molar refractivity (Wildman–Crippen MR) is 91.0 cm³/mol. The van der Waals surface area contributed by atoms with Crippen molar-refractivity contribution in [3.8, 4) is 0 Å². The van der Waals surface area contributed by atoms with Crippen LogP contribution in [0.15, 0.2) is 0 Å². The van der Waals surface area contributed by atoms with Gasteiger partial charge in [-0.15, -0.1) is 0 Å². The van der Waals surface area contributed by atoms with Crippen LogP contribution in [-0.4, -0.2) is 58.6 Å². The summed E-state index contributed by atoms with van der Waals surface area (Å²) in [5, 5.41) is 0. The molecule has 6 nitrogen and oxygen atoms in total. The van der Waals surface area contributed by atoms with Gasteiger partial charge >= 0.3 is 6.09 Å². The Morgan fingerprint density at radius 3 is 2.22 bits per heavy atom. The van der Waals surface area contributed by atoms with E-state index in [4.69, 9.17) is 10.5 Å². The van der Waals surface area contributed by atoms with E-state index < -0.39 is 11.6 Å². The molecule has 0 bridgehead atoms. The molecule has 2 N–H and O–H groups in total. The summed E-state index contributed by atoms with van der Waals surface area (Å²) in [5.74, 6) is 0.0732. The molecule has 2 atom stereocenters. The minimum atomic E-state index is -0.529. The summed E-state index contributed by atoms with van der Waals surface area (Å²) >= 11 is 0. The Morgan fingerprint density at radius 1 is 1.22 bits per heavy atom. The van der Waals surface area contributed by atoms with Gasteiger partial charge in [0.2, 0.25) is 5.91 Å². The average molecular weight is 327 g/mol. The molecule has 1 heterocycles. The first-order chi connectivity index (χ1) is 10.4. The highest BCUT2D eigenvalue weighted by Crippen LogP contribution is 2.22. The first-order valence-electron chi connectivity index (χ1n) is 8.49. The van der Waals surface area contributed by atoms with Crippen molar-refractivity contribution < 1.29 is 14.3 Å². The molecule has 0 radical (unpaired) electrons. The zero-order valence-corrected chi connectivity index (χ0v) is 15.6. The SMILES string of the molecule is CC(C)[C@H](N)C(=O)N1CC[C@@H](N(C(=O)OC(C)(C)C)C(C)C)C1. The van der Waals surface area contributed by atoms with E-state index in [9.17, 15) is 9.59 Å². The largest absolute Gasteiger partial charge is 0.444 e. The van der Waals surface area contributed by atoms with E-state index >= 15 is 0 Å². The fourth-order valence-electron chi connectivity index (χ4n) is 2.76. The second-order valence-corrected chi connectivity index (χ2v) is 7.98. The van der Waals surface area contributed by atoms with Crippen LogP contribution in [0.25, 0.3) is 0 Å². The van der Waals surface area contributed by atoms with E-state index in [1.54, 1.807) is 9.80 Å². The highest BCUT2D eigenvalue weighted by Gasteiger charge is 2.37. The molecule has 0 aliphatic carbocycles. The van der Waals surface area contributed by atoms with E-state index in [1.807, 2.05) is 48.5 Å². The van der Waals surface area contributed by atoms with Gasteiger partial charge in [0.1, 0.15) is 5.60 Å². The van der Waals surface area contributed by atoms with Crippen molar-refractivity contribution in [1.82, 2.24) is 9.80 Å². The Kier molecular flexibility index (Phi) is 6.45. The number of hydrogen-bond donors (Lipinski definition) is 1. The maximum absolute atomic E-state index is 12.5. The topological polar surface area (TPSA) is 75.9 Å². The lowest BCUT2D eigenvalue weighted by molar-refractivity contribution is -0.132. The molecule has 1 fully saturated rings. The van der Waals surface area contributed by atoms with Crippen molar-refractivity contribution in [3.05, 3.63) is 0 Å². The molecule has 2 amide bonds. The lowest BCUT2D eigenvalue weighted by Crippen LogP contribution is -2.50. The van der Waals surface area contributed by atoms with Crippen LogP contribution in [-0.2, 0) is 9.53 Å². The Balaban J connectivity index is 2.77. The van der Waals surface area contributed by atoms with Gasteiger partial charge in [0.25, 0.3) is 0 Å². The number of rotatable bonds is 4. The monoisotopic (exact) mass is 327 g/mol. The molecule has 0 aromatic carbocycles. The number of likely N-dealkylation sites (tertiary alicyclic amines) is 1. The number of amides is 2. The molecule has 0 aromatic heterocycles. The van der Waals surface area contributed by atoms with Crippen LogP contribution in [0, 0.1) is 5.92 Å². The Labute approximate surface area is 140 Å². The van der Waals surface area contributed by atoms with Crippen LogP contribution in [0.2, 0.25) is 0 Å². The third-order valence-electron chi connectivity index (χ3n) is 4.03. The van der Waals surface area contributed by atoms with Crippen molar-refractivity contribution in [3.63, 3.8) is 0 Å². The van der Waals surface area contributed by atoms with Gasteiger partial charge in [-0.05, 0) is 47.0 Å². The Bertz CT molecular complexity index is 429. The summed E-state index contributed by atoms with van der Waals surface area (Å²) in [6.45, 7) is 14.5. The van der Waals surface area contributed by atoms with Crippen LogP contribution in [0.3, 0.4) is 0 Å². The zero-order valence-electron chi connectivity index (χ0n) is 15.6. The first-order valence-corrected chi connectivity index (χ1v) is 8.49. The second-order valence-electron chi connectivity index (χ2n) is 7.98. The molecule has 0 saturated carbocycles. The first kappa shape index (κ1) is 19.7. The fourth-order valence-corrected chi connectivity index (χ4v) is 2.76. The van der Waals surface area contributed by atoms with Crippen molar-refractivity contribution in [1.29, 1.82) is 0 Å². The molecule has 6 heteroatoms. The minimum absolute atomic E-state index is 0.0173. The molecule has 1 rings (SSSR count). The number of carbonyl (C=O) groups excluding carboxylic acids is 2. The third-order valence-corrected chi connectivity index (χ3v) is 4.03. The van der Waals surface area contributed by atoms with Crippen molar-refractivity contribution in [2.75, 3.05) is 13.1 Å². The van der Waals surface area contributed by atoms with E-state index in [2.05, 4.69) is 0 Å². The Morgan fingerprint density at radius 2 is 1.78 bits per heavy atom. The highest BCUT2D eigenvalue weighted by atomic mass is 16.6. The number of hydrogen-bond acceptors (Lipinski definition) is 4. The van der Waals surface area contributed by atoms with Gasteiger partial charge in [-0.2, -0.15) is 0 Å². The summed E-state index contributed by atoms with van der Waals surface area (Å²) in [6.07, 6.45) is 0.438. The lowest BCUT2D eigenvalue weighted by Gasteiger charge is -2.34. The summed E-state index contributed by atoms with van der Waals surface area (Å²) in [4.78, 5) is 28.4. The summed E-state index contributed by atoms with van der Waals surface area (Å²) in [5.41, 5.74) is 5.44. The molecular formula is C17H33N3O3. The van der Waals surface area contributed by atoms with Gasteiger partial charge in [0.15, 0.2) is 0 Å². The maximum Gasteiger partial charge on any atom is 0.410 e. The predicted octanol–water partition coefficient (Wildman–Crippen LogP) is 2.22. The van der Waals surface area contributed by atoms with Gasteiger partial charge in [-0.25, -0.2) is 4.79 Å². The van der Waals surface area contributed by atoms with Crippen LogP contribution < -0.4 is 5.73 Å². The number of nitrogens with zero attached hydrogens (tertiary/aromatic N) is 2. The van der Waals surface area contributed by atoms with E-state index in [0.29, 0.717) is 13.1 Å². The summed E-state index contributed by atoms with van der Waals surface area (Å²) in [7, 11) is 0. The molecule has 1 aliphatic heterocycles. The van der Waals surface area contributed by atoms with E-state index in [-0.39, 0.29) is 30.0 Å². The summed E-state index contributed by atoms with van der Waals surface area (Å²) < 4.78 is 5.51. The fraction of sp³-hybridized carbons (Fsp3) is 0.882.